The molecule has 2 aromatic carbocycles. The lowest BCUT2D eigenvalue weighted by Crippen LogP contribution is -2.02. The topological polar surface area (TPSA) is 68.7 Å². The maximum absolute atomic E-state index is 10.4. The number of ether oxygens (including phenoxy) is 2. The zero-order chi connectivity index (χ0) is 17.5. The molecule has 0 fully saturated rings. The van der Waals surface area contributed by atoms with Gasteiger partial charge in [0.1, 0.15) is 18.1 Å². The molecule has 0 amide bonds. The van der Waals surface area contributed by atoms with E-state index < -0.39 is 5.97 Å². The Morgan fingerprint density at radius 2 is 1.64 bits per heavy atom. The molecule has 0 aliphatic carbocycles. The number of para-hydroxylation sites is 1. The Balaban J connectivity index is 1.51. The minimum atomic E-state index is -0.811. The van der Waals surface area contributed by atoms with E-state index in [0.717, 1.165) is 22.3 Å². The minimum absolute atomic E-state index is 0.111. The monoisotopic (exact) mass is 337 g/mol. The standard InChI is InChI=1S/C20H19NO4/c22-20(23)6-3-13-24-17-9-11-18(12-10-17)25-14-16-8-7-15-4-1-2-5-19(15)21-16/h1-2,4-5,7-12H,3,6,13-14H2,(H,22,23). The van der Waals surface area contributed by atoms with Crippen molar-refractivity contribution in [3.05, 3.63) is 66.4 Å². The smallest absolute Gasteiger partial charge is 0.303 e. The number of aliphatic carboxylic acids is 1. The molecule has 0 bridgehead atoms. The van der Waals surface area contributed by atoms with Crippen molar-refractivity contribution >= 4 is 16.9 Å². The van der Waals surface area contributed by atoms with E-state index in [4.69, 9.17) is 14.6 Å². The maximum atomic E-state index is 10.4. The SMILES string of the molecule is O=C(O)CCCOc1ccc(OCc2ccc3ccccc3n2)cc1. The van der Waals surface area contributed by atoms with Crippen LogP contribution in [-0.4, -0.2) is 22.7 Å². The second kappa shape index (κ2) is 8.15. The first-order valence-electron chi connectivity index (χ1n) is 8.13. The molecule has 0 unspecified atom stereocenters. The third kappa shape index (κ3) is 4.94. The van der Waals surface area contributed by atoms with Gasteiger partial charge in [0.15, 0.2) is 0 Å². The van der Waals surface area contributed by atoms with E-state index in [1.165, 1.54) is 0 Å². The third-order valence-corrected chi connectivity index (χ3v) is 3.67. The van der Waals surface area contributed by atoms with Crippen molar-refractivity contribution in [2.45, 2.75) is 19.4 Å². The molecule has 1 N–H and O–H groups in total. The summed E-state index contributed by atoms with van der Waals surface area (Å²) in [5.41, 5.74) is 1.82. The number of nitrogens with zero attached hydrogens (tertiary/aromatic N) is 1. The molecule has 1 heterocycles. The van der Waals surface area contributed by atoms with Gasteiger partial charge in [-0.1, -0.05) is 24.3 Å². The van der Waals surface area contributed by atoms with Crippen LogP contribution in [0.3, 0.4) is 0 Å². The van der Waals surface area contributed by atoms with E-state index in [-0.39, 0.29) is 6.42 Å². The number of rotatable bonds is 8. The van der Waals surface area contributed by atoms with E-state index in [1.807, 2.05) is 60.7 Å². The first-order chi connectivity index (χ1) is 12.2. The molecule has 0 aliphatic rings. The zero-order valence-electron chi connectivity index (χ0n) is 13.7. The van der Waals surface area contributed by atoms with Crippen LogP contribution in [0.5, 0.6) is 11.5 Å². The van der Waals surface area contributed by atoms with E-state index >= 15 is 0 Å². The maximum Gasteiger partial charge on any atom is 0.303 e. The van der Waals surface area contributed by atoms with Crippen LogP contribution < -0.4 is 9.47 Å². The molecule has 0 saturated heterocycles. The van der Waals surface area contributed by atoms with Crippen molar-refractivity contribution in [1.82, 2.24) is 4.98 Å². The largest absolute Gasteiger partial charge is 0.494 e. The van der Waals surface area contributed by atoms with Crippen LogP contribution in [0, 0.1) is 0 Å². The summed E-state index contributed by atoms with van der Waals surface area (Å²) in [4.78, 5) is 15.0. The predicted octanol–water partition coefficient (Wildman–Crippen LogP) is 4.06. The third-order valence-electron chi connectivity index (χ3n) is 3.67. The van der Waals surface area contributed by atoms with Crippen LogP contribution in [0.15, 0.2) is 60.7 Å². The number of fused-ring (bicyclic) bond motifs is 1. The molecule has 0 radical (unpaired) electrons. The number of pyridine rings is 1. The van der Waals surface area contributed by atoms with E-state index in [9.17, 15) is 4.79 Å². The Morgan fingerprint density at radius 1 is 0.920 bits per heavy atom. The number of hydrogen-bond acceptors (Lipinski definition) is 4. The number of hydrogen-bond donors (Lipinski definition) is 1. The number of carboxylic acid groups (broad SMARTS) is 1. The van der Waals surface area contributed by atoms with E-state index in [2.05, 4.69) is 4.98 Å². The molecule has 25 heavy (non-hydrogen) atoms. The summed E-state index contributed by atoms with van der Waals surface area (Å²) in [6, 6.07) is 19.2. The van der Waals surface area contributed by atoms with Crippen molar-refractivity contribution in [3.8, 4) is 11.5 Å². The van der Waals surface area contributed by atoms with Gasteiger partial charge in [0.05, 0.1) is 17.8 Å². The highest BCUT2D eigenvalue weighted by molar-refractivity contribution is 5.78. The quantitative estimate of drug-likeness (QED) is 0.628. The Bertz CT molecular complexity index is 846. The highest BCUT2D eigenvalue weighted by Gasteiger charge is 2.02. The summed E-state index contributed by atoms with van der Waals surface area (Å²) in [5, 5.41) is 9.69. The second-order valence-electron chi connectivity index (χ2n) is 5.60. The van der Waals surface area contributed by atoms with Gasteiger partial charge in [-0.25, -0.2) is 4.98 Å². The number of benzene rings is 2. The molecule has 0 saturated carbocycles. The Kier molecular flexibility index (Phi) is 5.46. The lowest BCUT2D eigenvalue weighted by atomic mass is 10.2. The number of carboxylic acids is 1. The molecular weight excluding hydrogens is 318 g/mol. The summed E-state index contributed by atoms with van der Waals surface area (Å²) in [6.45, 7) is 0.775. The van der Waals surface area contributed by atoms with Crippen molar-refractivity contribution in [2.75, 3.05) is 6.61 Å². The van der Waals surface area contributed by atoms with Crippen LogP contribution >= 0.6 is 0 Å². The Morgan fingerprint density at radius 3 is 2.40 bits per heavy atom. The second-order valence-corrected chi connectivity index (χ2v) is 5.60. The van der Waals surface area contributed by atoms with Crippen LogP contribution in [0.25, 0.3) is 10.9 Å². The fourth-order valence-corrected chi connectivity index (χ4v) is 2.39. The van der Waals surface area contributed by atoms with Gasteiger partial charge in [-0.15, -0.1) is 0 Å². The highest BCUT2D eigenvalue weighted by Crippen LogP contribution is 2.19. The lowest BCUT2D eigenvalue weighted by Gasteiger charge is -2.09. The van der Waals surface area contributed by atoms with E-state index in [1.54, 1.807) is 0 Å². The average Bonchev–Trinajstić information content (AvgIpc) is 2.64. The first kappa shape index (κ1) is 16.8. The summed E-state index contributed by atoms with van der Waals surface area (Å²) in [5.74, 6) is 0.615. The molecule has 3 aromatic rings. The fraction of sp³-hybridized carbons (Fsp3) is 0.200. The van der Waals surface area contributed by atoms with E-state index in [0.29, 0.717) is 25.4 Å². The van der Waals surface area contributed by atoms with Gasteiger partial charge in [0.2, 0.25) is 0 Å². The van der Waals surface area contributed by atoms with Crippen molar-refractivity contribution in [2.24, 2.45) is 0 Å². The zero-order valence-corrected chi connectivity index (χ0v) is 13.7. The van der Waals surface area contributed by atoms with Gasteiger partial charge in [-0.05, 0) is 42.8 Å². The van der Waals surface area contributed by atoms with Gasteiger partial charge in [0.25, 0.3) is 0 Å². The lowest BCUT2D eigenvalue weighted by molar-refractivity contribution is -0.137. The van der Waals surface area contributed by atoms with Crippen LogP contribution in [0.1, 0.15) is 18.5 Å². The predicted molar refractivity (Wildman–Crippen MR) is 94.9 cm³/mol. The Labute approximate surface area is 145 Å². The first-order valence-corrected chi connectivity index (χ1v) is 8.13. The van der Waals surface area contributed by atoms with Gasteiger partial charge in [-0.2, -0.15) is 0 Å². The molecule has 128 valence electrons. The highest BCUT2D eigenvalue weighted by atomic mass is 16.5. The fourth-order valence-electron chi connectivity index (χ4n) is 2.39. The molecule has 0 aliphatic heterocycles. The Hall–Kier alpha value is -3.08. The molecule has 5 heteroatoms. The van der Waals surface area contributed by atoms with Crippen LogP contribution in [-0.2, 0) is 11.4 Å². The normalized spacial score (nSPS) is 10.6. The van der Waals surface area contributed by atoms with Gasteiger partial charge in [0, 0.05) is 11.8 Å². The van der Waals surface area contributed by atoms with Crippen molar-refractivity contribution < 1.29 is 19.4 Å². The minimum Gasteiger partial charge on any atom is -0.494 e. The molecule has 3 rings (SSSR count). The van der Waals surface area contributed by atoms with Crippen LogP contribution in [0.2, 0.25) is 0 Å². The molecule has 0 atom stereocenters. The van der Waals surface area contributed by atoms with Crippen LogP contribution in [0.4, 0.5) is 0 Å². The number of aromatic nitrogens is 1. The molecule has 1 aromatic heterocycles. The summed E-state index contributed by atoms with van der Waals surface area (Å²) >= 11 is 0. The van der Waals surface area contributed by atoms with Gasteiger partial charge < -0.3 is 14.6 Å². The van der Waals surface area contributed by atoms with Gasteiger partial charge >= 0.3 is 5.97 Å². The molecule has 5 nitrogen and oxygen atoms in total. The van der Waals surface area contributed by atoms with Crippen molar-refractivity contribution in [3.63, 3.8) is 0 Å². The molecular formula is C20H19NO4. The van der Waals surface area contributed by atoms with Crippen molar-refractivity contribution in [1.29, 1.82) is 0 Å². The van der Waals surface area contributed by atoms with Gasteiger partial charge in [-0.3, -0.25) is 4.79 Å². The summed E-state index contributed by atoms with van der Waals surface area (Å²) in [6.07, 6.45) is 0.598. The summed E-state index contributed by atoms with van der Waals surface area (Å²) < 4.78 is 11.2. The molecule has 0 spiro atoms. The average molecular weight is 337 g/mol. The summed E-state index contributed by atoms with van der Waals surface area (Å²) in [7, 11) is 0. The number of carbonyl (C=O) groups is 1.